The van der Waals surface area contributed by atoms with Gasteiger partial charge in [0.15, 0.2) is 0 Å². The second-order valence-electron chi connectivity index (χ2n) is 4.32. The molecule has 0 aromatic heterocycles. The molecule has 4 heteroatoms. The Balaban J connectivity index is 2.28. The summed E-state index contributed by atoms with van der Waals surface area (Å²) in [5.41, 5.74) is 0. The highest BCUT2D eigenvalue weighted by molar-refractivity contribution is 7.99. The zero-order valence-electron chi connectivity index (χ0n) is 9.56. The summed E-state index contributed by atoms with van der Waals surface area (Å²) in [5.74, 6) is 1.39. The van der Waals surface area contributed by atoms with Gasteiger partial charge in [-0.1, -0.05) is 6.92 Å². The van der Waals surface area contributed by atoms with Crippen LogP contribution in [0, 0.1) is 11.8 Å². The fourth-order valence-corrected chi connectivity index (χ4v) is 3.57. The van der Waals surface area contributed by atoms with E-state index in [4.69, 9.17) is 4.74 Å². The number of piperidine rings is 1. The summed E-state index contributed by atoms with van der Waals surface area (Å²) < 4.78 is 5.73. The number of thioether (sulfide) groups is 1. The van der Waals surface area contributed by atoms with Gasteiger partial charge >= 0.3 is 0 Å². The summed E-state index contributed by atoms with van der Waals surface area (Å²) in [6, 6.07) is 0. The van der Waals surface area contributed by atoms with E-state index in [-0.39, 0.29) is 23.3 Å². The van der Waals surface area contributed by atoms with E-state index < -0.39 is 0 Å². The Morgan fingerprint density at radius 2 is 2.20 bits per heavy atom. The number of carbonyl (C=O) groups is 1. The highest BCUT2D eigenvalue weighted by Crippen LogP contribution is 2.39. The summed E-state index contributed by atoms with van der Waals surface area (Å²) in [6.07, 6.45) is 4.04. The molecular formula is C11H17NO2S. The van der Waals surface area contributed by atoms with E-state index in [1.165, 1.54) is 0 Å². The number of allylic oxidation sites excluding steroid dienone is 1. The lowest BCUT2D eigenvalue weighted by molar-refractivity contribution is -0.143. The van der Waals surface area contributed by atoms with Gasteiger partial charge in [0.25, 0.3) is 0 Å². The van der Waals surface area contributed by atoms with Crippen LogP contribution in [-0.4, -0.2) is 35.6 Å². The van der Waals surface area contributed by atoms with Crippen LogP contribution in [0.3, 0.4) is 0 Å². The fourth-order valence-electron chi connectivity index (χ4n) is 2.57. The molecule has 0 radical (unpaired) electrons. The summed E-state index contributed by atoms with van der Waals surface area (Å²) in [6.45, 7) is 4.08. The lowest BCUT2D eigenvalue weighted by Gasteiger charge is -2.42. The molecule has 0 N–H and O–H groups in total. The van der Waals surface area contributed by atoms with Gasteiger partial charge in [0, 0.05) is 13.0 Å². The molecule has 2 heterocycles. The van der Waals surface area contributed by atoms with Gasteiger partial charge in [-0.3, -0.25) is 4.79 Å². The van der Waals surface area contributed by atoms with Crippen LogP contribution < -0.4 is 0 Å². The Bertz CT molecular complexity index is 316. The van der Waals surface area contributed by atoms with E-state index in [0.29, 0.717) is 5.92 Å². The maximum atomic E-state index is 12.1. The van der Waals surface area contributed by atoms with E-state index in [9.17, 15) is 4.79 Å². The first kappa shape index (κ1) is 10.9. The maximum absolute atomic E-state index is 12.1. The molecule has 0 bridgehead atoms. The highest BCUT2D eigenvalue weighted by Gasteiger charge is 2.47. The molecule has 0 aliphatic carbocycles. The Morgan fingerprint density at radius 3 is 2.80 bits per heavy atom. The minimum absolute atomic E-state index is 0.0474. The number of likely N-dealkylation sites (tertiary alicyclic amines) is 1. The summed E-state index contributed by atoms with van der Waals surface area (Å²) >= 11 is 1.72. The number of hydrogen-bond acceptors (Lipinski definition) is 3. The summed E-state index contributed by atoms with van der Waals surface area (Å²) in [4.78, 5) is 13.9. The Morgan fingerprint density at radius 1 is 1.53 bits per heavy atom. The first-order valence-corrected chi connectivity index (χ1v) is 6.49. The Labute approximate surface area is 94.8 Å². The van der Waals surface area contributed by atoms with Crippen molar-refractivity contribution in [1.82, 2.24) is 4.90 Å². The molecule has 84 valence electrons. The van der Waals surface area contributed by atoms with Crippen LogP contribution in [0.1, 0.15) is 13.8 Å². The molecule has 0 saturated carbocycles. The number of ether oxygens (including phenoxy) is 1. The van der Waals surface area contributed by atoms with Crippen LogP contribution in [0.4, 0.5) is 0 Å². The van der Waals surface area contributed by atoms with Gasteiger partial charge in [-0.05, 0) is 19.3 Å². The predicted octanol–water partition coefficient (Wildman–Crippen LogP) is 1.70. The van der Waals surface area contributed by atoms with Crippen molar-refractivity contribution in [3.8, 4) is 0 Å². The smallest absolute Gasteiger partial charge is 0.234 e. The molecule has 1 fully saturated rings. The number of amides is 1. The third-order valence-corrected chi connectivity index (χ3v) is 4.54. The topological polar surface area (TPSA) is 29.5 Å². The minimum Gasteiger partial charge on any atom is -0.494 e. The normalized spacial score (nSPS) is 39.9. The molecule has 0 aromatic rings. The van der Waals surface area contributed by atoms with Crippen molar-refractivity contribution in [2.24, 2.45) is 11.8 Å². The largest absolute Gasteiger partial charge is 0.494 e. The SMILES string of the molecule is CS[C@@H]1[C@@H](C)[C@@H]2OC(C)=C[C@@H]2C(=O)N1C. The second kappa shape index (κ2) is 3.74. The lowest BCUT2D eigenvalue weighted by Crippen LogP contribution is -2.54. The molecule has 15 heavy (non-hydrogen) atoms. The van der Waals surface area contributed by atoms with Crippen molar-refractivity contribution in [2.45, 2.75) is 25.3 Å². The maximum Gasteiger partial charge on any atom is 0.234 e. The molecule has 2 aliphatic rings. The quantitative estimate of drug-likeness (QED) is 0.683. The van der Waals surface area contributed by atoms with Gasteiger partial charge in [-0.15, -0.1) is 11.8 Å². The molecule has 0 spiro atoms. The van der Waals surface area contributed by atoms with Crippen molar-refractivity contribution in [3.05, 3.63) is 11.8 Å². The molecular weight excluding hydrogens is 210 g/mol. The molecule has 3 nitrogen and oxygen atoms in total. The van der Waals surface area contributed by atoms with Gasteiger partial charge in [0.1, 0.15) is 6.10 Å². The van der Waals surface area contributed by atoms with Gasteiger partial charge in [0.05, 0.1) is 17.1 Å². The van der Waals surface area contributed by atoms with Crippen LogP contribution in [0.5, 0.6) is 0 Å². The molecule has 0 aromatic carbocycles. The van der Waals surface area contributed by atoms with Crippen LogP contribution >= 0.6 is 11.8 Å². The zero-order chi connectivity index (χ0) is 11.2. The second-order valence-corrected chi connectivity index (χ2v) is 5.27. The molecule has 2 rings (SSSR count). The predicted molar refractivity (Wildman–Crippen MR) is 61.4 cm³/mol. The molecule has 4 atom stereocenters. The highest BCUT2D eigenvalue weighted by atomic mass is 32.2. The average Bonchev–Trinajstić information content (AvgIpc) is 2.58. The van der Waals surface area contributed by atoms with Crippen molar-refractivity contribution in [3.63, 3.8) is 0 Å². The van der Waals surface area contributed by atoms with Crippen LogP contribution in [-0.2, 0) is 9.53 Å². The number of rotatable bonds is 1. The van der Waals surface area contributed by atoms with Crippen molar-refractivity contribution < 1.29 is 9.53 Å². The number of fused-ring (bicyclic) bond motifs is 1. The standard InChI is InChI=1S/C11H17NO2S/c1-6-5-8-9(14-6)7(2)11(15-4)12(3)10(8)13/h5,7-9,11H,1-4H3/t7-,8-,9-,11+/m0/s1. The number of nitrogens with zero attached hydrogens (tertiary/aromatic N) is 1. The average molecular weight is 227 g/mol. The van der Waals surface area contributed by atoms with Crippen molar-refractivity contribution >= 4 is 17.7 Å². The zero-order valence-corrected chi connectivity index (χ0v) is 10.4. The molecule has 1 amide bonds. The van der Waals surface area contributed by atoms with E-state index >= 15 is 0 Å². The van der Waals surface area contributed by atoms with Crippen molar-refractivity contribution in [2.75, 3.05) is 13.3 Å². The van der Waals surface area contributed by atoms with Gasteiger partial charge in [-0.2, -0.15) is 0 Å². The Hall–Kier alpha value is -0.640. The van der Waals surface area contributed by atoms with E-state index in [2.05, 4.69) is 6.92 Å². The van der Waals surface area contributed by atoms with Gasteiger partial charge < -0.3 is 9.64 Å². The first-order chi connectivity index (χ1) is 7.06. The monoisotopic (exact) mass is 227 g/mol. The van der Waals surface area contributed by atoms with Crippen molar-refractivity contribution in [1.29, 1.82) is 0 Å². The molecule has 2 aliphatic heterocycles. The first-order valence-electron chi connectivity index (χ1n) is 5.20. The van der Waals surface area contributed by atoms with Crippen LogP contribution in [0.2, 0.25) is 0 Å². The van der Waals surface area contributed by atoms with Gasteiger partial charge in [-0.25, -0.2) is 0 Å². The number of hydrogen-bond donors (Lipinski definition) is 0. The third-order valence-electron chi connectivity index (χ3n) is 3.31. The van der Waals surface area contributed by atoms with Gasteiger partial charge in [0.2, 0.25) is 5.91 Å². The minimum atomic E-state index is -0.0617. The van der Waals surface area contributed by atoms with Crippen LogP contribution in [0.15, 0.2) is 11.8 Å². The van der Waals surface area contributed by atoms with E-state index in [1.54, 1.807) is 11.8 Å². The summed E-state index contributed by atoms with van der Waals surface area (Å²) in [5, 5.41) is 0.234. The van der Waals surface area contributed by atoms with E-state index in [0.717, 1.165) is 5.76 Å². The van der Waals surface area contributed by atoms with Crippen LogP contribution in [0.25, 0.3) is 0 Å². The Kier molecular flexibility index (Phi) is 2.71. The summed E-state index contributed by atoms with van der Waals surface area (Å²) in [7, 11) is 1.89. The van der Waals surface area contributed by atoms with E-state index in [1.807, 2.05) is 31.2 Å². The lowest BCUT2D eigenvalue weighted by atomic mass is 9.87. The number of carbonyl (C=O) groups excluding carboxylic acids is 1. The molecule has 1 saturated heterocycles. The fraction of sp³-hybridized carbons (Fsp3) is 0.727. The molecule has 0 unspecified atom stereocenters. The third kappa shape index (κ3) is 1.55.